The molecule has 2 aromatic rings. The van der Waals surface area contributed by atoms with Crippen molar-refractivity contribution in [3.05, 3.63) is 54.1 Å². The van der Waals surface area contributed by atoms with Gasteiger partial charge in [0.2, 0.25) is 0 Å². The molecule has 20 heavy (non-hydrogen) atoms. The van der Waals surface area contributed by atoms with Crippen LogP contribution in [0.25, 0.3) is 0 Å². The summed E-state index contributed by atoms with van der Waals surface area (Å²) in [5.74, 6) is 2.59. The second-order valence-corrected chi connectivity index (χ2v) is 4.44. The van der Waals surface area contributed by atoms with E-state index in [2.05, 4.69) is 0 Å². The molecular formula is C17H20O3. The number of hydrogen-bond acceptors (Lipinski definition) is 3. The van der Waals surface area contributed by atoms with Gasteiger partial charge in [-0.05, 0) is 36.6 Å². The van der Waals surface area contributed by atoms with Gasteiger partial charge in [-0.25, -0.2) is 0 Å². The van der Waals surface area contributed by atoms with Crippen LogP contribution in [0.2, 0.25) is 0 Å². The molecule has 2 aromatic carbocycles. The van der Waals surface area contributed by atoms with Gasteiger partial charge in [-0.3, -0.25) is 0 Å². The van der Waals surface area contributed by atoms with E-state index in [0.29, 0.717) is 6.61 Å². The fourth-order valence-corrected chi connectivity index (χ4v) is 2.03. The normalized spacial score (nSPS) is 10.1. The smallest absolute Gasteiger partial charge is 0.125 e. The van der Waals surface area contributed by atoms with Crippen molar-refractivity contribution in [3.8, 4) is 17.2 Å². The topological polar surface area (TPSA) is 27.7 Å². The monoisotopic (exact) mass is 272 g/mol. The predicted molar refractivity (Wildman–Crippen MR) is 79.8 cm³/mol. The van der Waals surface area contributed by atoms with E-state index in [1.165, 1.54) is 5.56 Å². The van der Waals surface area contributed by atoms with E-state index in [-0.39, 0.29) is 0 Å². The fourth-order valence-electron chi connectivity index (χ4n) is 2.03. The molecular weight excluding hydrogens is 252 g/mol. The van der Waals surface area contributed by atoms with Crippen molar-refractivity contribution in [3.63, 3.8) is 0 Å². The van der Waals surface area contributed by atoms with Gasteiger partial charge in [-0.1, -0.05) is 24.3 Å². The van der Waals surface area contributed by atoms with E-state index in [1.54, 1.807) is 14.2 Å². The Bertz CT molecular complexity index is 523. The Morgan fingerprint density at radius 3 is 2.35 bits per heavy atom. The van der Waals surface area contributed by atoms with E-state index < -0.39 is 0 Å². The van der Waals surface area contributed by atoms with Gasteiger partial charge in [0.1, 0.15) is 17.2 Å². The van der Waals surface area contributed by atoms with Crippen molar-refractivity contribution >= 4 is 0 Å². The molecule has 3 nitrogen and oxygen atoms in total. The van der Waals surface area contributed by atoms with E-state index in [0.717, 1.165) is 30.1 Å². The zero-order valence-corrected chi connectivity index (χ0v) is 12.0. The summed E-state index contributed by atoms with van der Waals surface area (Å²) in [5, 5.41) is 0. The maximum absolute atomic E-state index is 5.68. The fraction of sp³-hybridized carbons (Fsp3) is 0.294. The lowest BCUT2D eigenvalue weighted by molar-refractivity contribution is 0.310. The highest BCUT2D eigenvalue weighted by atomic mass is 16.5. The Balaban J connectivity index is 1.85. The molecule has 0 aliphatic carbocycles. The molecule has 0 saturated carbocycles. The number of benzene rings is 2. The van der Waals surface area contributed by atoms with Gasteiger partial charge in [-0.15, -0.1) is 0 Å². The molecule has 106 valence electrons. The molecule has 3 heteroatoms. The standard InChI is InChI=1S/C17H20O3/c1-18-16-11-10-14(17(13-16)19-2)7-6-12-20-15-8-4-3-5-9-15/h3-5,8-11,13H,6-7,12H2,1-2H3. The minimum absolute atomic E-state index is 0.694. The van der Waals surface area contributed by atoms with Crippen molar-refractivity contribution < 1.29 is 14.2 Å². The second-order valence-electron chi connectivity index (χ2n) is 4.44. The van der Waals surface area contributed by atoms with Crippen LogP contribution in [0.4, 0.5) is 0 Å². The second kappa shape index (κ2) is 7.43. The van der Waals surface area contributed by atoms with Gasteiger partial charge in [0, 0.05) is 6.07 Å². The van der Waals surface area contributed by atoms with Crippen molar-refractivity contribution in [1.29, 1.82) is 0 Å². The van der Waals surface area contributed by atoms with Gasteiger partial charge >= 0.3 is 0 Å². The number of aryl methyl sites for hydroxylation is 1. The number of para-hydroxylation sites is 1. The van der Waals surface area contributed by atoms with Gasteiger partial charge in [0.15, 0.2) is 0 Å². The van der Waals surface area contributed by atoms with Crippen molar-refractivity contribution in [1.82, 2.24) is 0 Å². The first-order valence-electron chi connectivity index (χ1n) is 6.72. The predicted octanol–water partition coefficient (Wildman–Crippen LogP) is 3.72. The highest BCUT2D eigenvalue weighted by Crippen LogP contribution is 2.25. The van der Waals surface area contributed by atoms with Crippen molar-refractivity contribution in [2.75, 3.05) is 20.8 Å². The van der Waals surface area contributed by atoms with Gasteiger partial charge in [-0.2, -0.15) is 0 Å². The van der Waals surface area contributed by atoms with E-state index in [1.807, 2.05) is 48.5 Å². The van der Waals surface area contributed by atoms with Gasteiger partial charge < -0.3 is 14.2 Å². The molecule has 0 aliphatic rings. The van der Waals surface area contributed by atoms with Crippen molar-refractivity contribution in [2.45, 2.75) is 12.8 Å². The number of ether oxygens (including phenoxy) is 3. The van der Waals surface area contributed by atoms with Crippen LogP contribution in [0.5, 0.6) is 17.2 Å². The van der Waals surface area contributed by atoms with Gasteiger partial charge in [0.25, 0.3) is 0 Å². The first-order chi connectivity index (χ1) is 9.83. The quantitative estimate of drug-likeness (QED) is 0.719. The Morgan fingerprint density at radius 1 is 0.850 bits per heavy atom. The number of rotatable bonds is 7. The summed E-state index contributed by atoms with van der Waals surface area (Å²) < 4.78 is 16.3. The SMILES string of the molecule is COc1ccc(CCCOc2ccccc2)c(OC)c1. The number of hydrogen-bond donors (Lipinski definition) is 0. The van der Waals surface area contributed by atoms with Crippen LogP contribution >= 0.6 is 0 Å². The first-order valence-corrected chi connectivity index (χ1v) is 6.72. The highest BCUT2D eigenvalue weighted by molar-refractivity contribution is 5.40. The Hall–Kier alpha value is -2.16. The van der Waals surface area contributed by atoms with E-state index >= 15 is 0 Å². The van der Waals surface area contributed by atoms with E-state index in [9.17, 15) is 0 Å². The molecule has 0 saturated heterocycles. The lowest BCUT2D eigenvalue weighted by atomic mass is 10.1. The Morgan fingerprint density at radius 2 is 1.65 bits per heavy atom. The lowest BCUT2D eigenvalue weighted by Crippen LogP contribution is -2.00. The van der Waals surface area contributed by atoms with Crippen LogP contribution in [-0.2, 0) is 6.42 Å². The van der Waals surface area contributed by atoms with Crippen LogP contribution in [0.1, 0.15) is 12.0 Å². The Kier molecular flexibility index (Phi) is 5.30. The third-order valence-electron chi connectivity index (χ3n) is 3.10. The third kappa shape index (κ3) is 3.92. The van der Waals surface area contributed by atoms with Crippen LogP contribution in [0.3, 0.4) is 0 Å². The zero-order chi connectivity index (χ0) is 14.2. The van der Waals surface area contributed by atoms with Crippen LogP contribution in [0, 0.1) is 0 Å². The summed E-state index contributed by atoms with van der Waals surface area (Å²) in [6.07, 6.45) is 1.86. The average molecular weight is 272 g/mol. The molecule has 0 spiro atoms. The Labute approximate surface area is 120 Å². The molecule has 0 N–H and O–H groups in total. The molecule has 2 rings (SSSR count). The molecule has 0 radical (unpaired) electrons. The molecule has 0 fully saturated rings. The molecule has 0 atom stereocenters. The molecule has 0 heterocycles. The highest BCUT2D eigenvalue weighted by Gasteiger charge is 2.05. The summed E-state index contributed by atoms with van der Waals surface area (Å²) >= 11 is 0. The van der Waals surface area contributed by atoms with Gasteiger partial charge in [0.05, 0.1) is 20.8 Å². The molecule has 0 aliphatic heterocycles. The van der Waals surface area contributed by atoms with Crippen molar-refractivity contribution in [2.24, 2.45) is 0 Å². The molecule has 0 amide bonds. The van der Waals surface area contributed by atoms with E-state index in [4.69, 9.17) is 14.2 Å². The molecule has 0 unspecified atom stereocenters. The summed E-state index contributed by atoms with van der Waals surface area (Å²) in [5.41, 5.74) is 1.17. The largest absolute Gasteiger partial charge is 0.497 e. The third-order valence-corrected chi connectivity index (χ3v) is 3.10. The lowest BCUT2D eigenvalue weighted by Gasteiger charge is -2.11. The first kappa shape index (κ1) is 14.3. The summed E-state index contributed by atoms with van der Waals surface area (Å²) in [6.45, 7) is 0.694. The molecule has 0 bridgehead atoms. The zero-order valence-electron chi connectivity index (χ0n) is 12.0. The molecule has 0 aromatic heterocycles. The maximum Gasteiger partial charge on any atom is 0.125 e. The minimum Gasteiger partial charge on any atom is -0.497 e. The minimum atomic E-state index is 0.694. The van der Waals surface area contributed by atoms with Crippen LogP contribution < -0.4 is 14.2 Å². The summed E-state index contributed by atoms with van der Waals surface area (Å²) in [4.78, 5) is 0. The number of methoxy groups -OCH3 is 2. The summed E-state index contributed by atoms with van der Waals surface area (Å²) in [7, 11) is 3.33. The average Bonchev–Trinajstić information content (AvgIpc) is 2.52. The van der Waals surface area contributed by atoms with Crippen LogP contribution in [0.15, 0.2) is 48.5 Å². The summed E-state index contributed by atoms with van der Waals surface area (Å²) in [6, 6.07) is 15.8. The maximum atomic E-state index is 5.68. The van der Waals surface area contributed by atoms with Crippen LogP contribution in [-0.4, -0.2) is 20.8 Å².